The summed E-state index contributed by atoms with van der Waals surface area (Å²) in [5, 5.41) is 12.6. The molecule has 5 heteroatoms. The number of carboxylic acids is 1. The highest BCUT2D eigenvalue weighted by Crippen LogP contribution is 2.29. The fourth-order valence-electron chi connectivity index (χ4n) is 1.98. The fraction of sp³-hybridized carbons (Fsp3) is 0.188. The Hall–Kier alpha value is -1.88. The number of halogens is 2. The number of carbonyl (C=O) groups is 1. The number of carboxylic acid groups (broad SMARTS) is 1. The first-order chi connectivity index (χ1) is 9.83. The first-order valence-corrected chi connectivity index (χ1v) is 7.16. The van der Waals surface area contributed by atoms with Crippen LogP contribution in [0.2, 0.25) is 0 Å². The van der Waals surface area contributed by atoms with Crippen molar-refractivity contribution in [1.82, 2.24) is 0 Å². The van der Waals surface area contributed by atoms with E-state index in [4.69, 9.17) is 0 Å². The summed E-state index contributed by atoms with van der Waals surface area (Å²) in [6, 6.07) is 11.6. The molecule has 3 nitrogen and oxygen atoms in total. The molecule has 1 atom stereocenters. The van der Waals surface area contributed by atoms with E-state index in [1.54, 1.807) is 6.92 Å². The van der Waals surface area contributed by atoms with E-state index < -0.39 is 17.3 Å². The minimum atomic E-state index is -1.36. The molecule has 0 aromatic heterocycles. The summed E-state index contributed by atoms with van der Waals surface area (Å²) in [5.41, 5.74) is 0.878. The predicted molar refractivity (Wildman–Crippen MR) is 83.9 cm³/mol. The van der Waals surface area contributed by atoms with Gasteiger partial charge in [0.15, 0.2) is 5.54 Å². The van der Waals surface area contributed by atoms with Gasteiger partial charge in [0.2, 0.25) is 0 Å². The zero-order chi connectivity index (χ0) is 15.6. The second-order valence-corrected chi connectivity index (χ2v) is 5.90. The Labute approximate surface area is 130 Å². The Bertz CT molecular complexity index is 672. The first-order valence-electron chi connectivity index (χ1n) is 6.37. The molecular formula is C16H15BrFNO2. The van der Waals surface area contributed by atoms with Crippen molar-refractivity contribution in [2.45, 2.75) is 19.4 Å². The molecule has 2 aromatic carbocycles. The number of anilines is 1. The topological polar surface area (TPSA) is 49.3 Å². The zero-order valence-corrected chi connectivity index (χ0v) is 13.2. The lowest BCUT2D eigenvalue weighted by molar-refractivity contribution is -0.142. The molecule has 0 fully saturated rings. The van der Waals surface area contributed by atoms with Gasteiger partial charge in [-0.3, -0.25) is 0 Å². The fourth-order valence-corrected chi connectivity index (χ4v) is 2.36. The van der Waals surface area contributed by atoms with Crippen molar-refractivity contribution < 1.29 is 14.3 Å². The molecule has 2 aromatic rings. The summed E-state index contributed by atoms with van der Waals surface area (Å²) in [6.45, 7) is 3.51. The molecule has 0 amide bonds. The van der Waals surface area contributed by atoms with E-state index in [-0.39, 0.29) is 4.47 Å². The van der Waals surface area contributed by atoms with Crippen LogP contribution in [0.3, 0.4) is 0 Å². The summed E-state index contributed by atoms with van der Waals surface area (Å²) >= 11 is 3.09. The van der Waals surface area contributed by atoms with Crippen LogP contribution in [0.5, 0.6) is 0 Å². The molecule has 0 bridgehead atoms. The van der Waals surface area contributed by atoms with Crippen molar-refractivity contribution in [1.29, 1.82) is 0 Å². The van der Waals surface area contributed by atoms with E-state index >= 15 is 0 Å². The highest BCUT2D eigenvalue weighted by atomic mass is 79.9. The molecule has 2 rings (SSSR count). The lowest BCUT2D eigenvalue weighted by Gasteiger charge is -2.28. The van der Waals surface area contributed by atoms with Crippen LogP contribution in [-0.4, -0.2) is 11.1 Å². The monoisotopic (exact) mass is 351 g/mol. The zero-order valence-electron chi connectivity index (χ0n) is 11.7. The molecule has 21 heavy (non-hydrogen) atoms. The van der Waals surface area contributed by atoms with Crippen LogP contribution in [0.15, 0.2) is 46.9 Å². The molecule has 0 saturated heterocycles. The van der Waals surface area contributed by atoms with Crippen molar-refractivity contribution >= 4 is 27.6 Å². The molecule has 0 aliphatic carbocycles. The number of benzene rings is 2. The lowest BCUT2D eigenvalue weighted by Crippen LogP contribution is -2.40. The van der Waals surface area contributed by atoms with Gasteiger partial charge in [0, 0.05) is 5.69 Å². The molecule has 0 aliphatic rings. The maximum absolute atomic E-state index is 13.3. The predicted octanol–water partition coefficient (Wildman–Crippen LogP) is 4.31. The van der Waals surface area contributed by atoms with E-state index in [2.05, 4.69) is 21.2 Å². The third-order valence-electron chi connectivity index (χ3n) is 3.37. The van der Waals surface area contributed by atoms with Crippen LogP contribution in [0, 0.1) is 12.7 Å². The summed E-state index contributed by atoms with van der Waals surface area (Å²) in [5.74, 6) is -1.47. The van der Waals surface area contributed by atoms with Crippen molar-refractivity contribution in [2.75, 3.05) is 5.32 Å². The van der Waals surface area contributed by atoms with Gasteiger partial charge < -0.3 is 10.4 Å². The van der Waals surface area contributed by atoms with Gasteiger partial charge in [0.1, 0.15) is 5.82 Å². The van der Waals surface area contributed by atoms with Gasteiger partial charge in [-0.2, -0.15) is 0 Å². The number of hydrogen-bond acceptors (Lipinski definition) is 2. The van der Waals surface area contributed by atoms with E-state index in [0.29, 0.717) is 11.3 Å². The van der Waals surface area contributed by atoms with E-state index in [9.17, 15) is 14.3 Å². The Morgan fingerprint density at radius 2 is 1.86 bits per heavy atom. The van der Waals surface area contributed by atoms with Crippen molar-refractivity contribution in [3.05, 3.63) is 63.9 Å². The Kier molecular flexibility index (Phi) is 4.32. The molecular weight excluding hydrogens is 337 g/mol. The maximum atomic E-state index is 13.3. The largest absolute Gasteiger partial charge is 0.479 e. The molecule has 0 saturated carbocycles. The number of nitrogens with one attached hydrogen (secondary N) is 1. The maximum Gasteiger partial charge on any atom is 0.333 e. The van der Waals surface area contributed by atoms with E-state index in [1.165, 1.54) is 18.2 Å². The van der Waals surface area contributed by atoms with Gasteiger partial charge in [-0.1, -0.05) is 23.8 Å². The second-order valence-electron chi connectivity index (χ2n) is 5.05. The molecule has 110 valence electrons. The van der Waals surface area contributed by atoms with Gasteiger partial charge in [-0.25, -0.2) is 9.18 Å². The summed E-state index contributed by atoms with van der Waals surface area (Å²) in [4.78, 5) is 11.7. The van der Waals surface area contributed by atoms with Crippen molar-refractivity contribution in [2.24, 2.45) is 0 Å². The Morgan fingerprint density at radius 3 is 2.38 bits per heavy atom. The minimum absolute atomic E-state index is 0.234. The molecule has 0 heterocycles. The first kappa shape index (κ1) is 15.5. The summed E-state index contributed by atoms with van der Waals surface area (Å²) in [6.07, 6.45) is 0. The average molecular weight is 352 g/mol. The average Bonchev–Trinajstić information content (AvgIpc) is 2.44. The highest BCUT2D eigenvalue weighted by Gasteiger charge is 2.35. The Morgan fingerprint density at radius 1 is 1.24 bits per heavy atom. The number of hydrogen-bond donors (Lipinski definition) is 2. The van der Waals surface area contributed by atoms with Crippen LogP contribution in [0.25, 0.3) is 0 Å². The molecule has 1 unspecified atom stereocenters. The normalized spacial score (nSPS) is 13.5. The van der Waals surface area contributed by atoms with Crippen LogP contribution >= 0.6 is 15.9 Å². The highest BCUT2D eigenvalue weighted by molar-refractivity contribution is 9.10. The lowest BCUT2D eigenvalue weighted by atomic mass is 9.91. The number of aryl methyl sites for hydroxylation is 1. The van der Waals surface area contributed by atoms with Gasteiger partial charge >= 0.3 is 5.97 Å². The summed E-state index contributed by atoms with van der Waals surface area (Å²) in [7, 11) is 0. The van der Waals surface area contributed by atoms with Gasteiger partial charge in [0.25, 0.3) is 0 Å². The standard InChI is InChI=1S/C16H15BrFNO2/c1-10-3-6-12(7-4-10)19-16(2,15(20)21)11-5-8-14(18)13(17)9-11/h3-9,19H,1-2H3,(H,20,21). The quantitative estimate of drug-likeness (QED) is 0.862. The summed E-state index contributed by atoms with van der Waals surface area (Å²) < 4.78 is 13.6. The van der Waals surface area contributed by atoms with E-state index in [1.807, 2.05) is 31.2 Å². The SMILES string of the molecule is Cc1ccc(NC(C)(C(=O)O)c2ccc(F)c(Br)c2)cc1. The van der Waals surface area contributed by atoms with Crippen LogP contribution in [0.1, 0.15) is 18.1 Å². The molecule has 2 N–H and O–H groups in total. The van der Waals surface area contributed by atoms with E-state index in [0.717, 1.165) is 5.56 Å². The van der Waals surface area contributed by atoms with Crippen LogP contribution in [-0.2, 0) is 10.3 Å². The van der Waals surface area contributed by atoms with Crippen molar-refractivity contribution in [3.63, 3.8) is 0 Å². The van der Waals surface area contributed by atoms with Gasteiger partial charge in [0.05, 0.1) is 4.47 Å². The number of aliphatic carboxylic acids is 1. The third-order valence-corrected chi connectivity index (χ3v) is 3.98. The smallest absolute Gasteiger partial charge is 0.333 e. The second kappa shape index (κ2) is 5.85. The molecule has 0 aliphatic heterocycles. The number of rotatable bonds is 4. The van der Waals surface area contributed by atoms with Gasteiger partial charge in [-0.15, -0.1) is 0 Å². The van der Waals surface area contributed by atoms with Gasteiger partial charge in [-0.05, 0) is 59.6 Å². The van der Waals surface area contributed by atoms with Crippen LogP contribution in [0.4, 0.5) is 10.1 Å². The third kappa shape index (κ3) is 3.24. The Balaban J connectivity index is 2.42. The van der Waals surface area contributed by atoms with Crippen LogP contribution < -0.4 is 5.32 Å². The molecule has 0 radical (unpaired) electrons. The van der Waals surface area contributed by atoms with Crippen molar-refractivity contribution in [3.8, 4) is 0 Å². The molecule has 0 spiro atoms. The minimum Gasteiger partial charge on any atom is -0.479 e.